The van der Waals surface area contributed by atoms with Crippen molar-refractivity contribution in [1.82, 2.24) is 0 Å². The zero-order chi connectivity index (χ0) is 4.50. The molecule has 0 saturated heterocycles. The van der Waals surface area contributed by atoms with E-state index in [1.54, 1.807) is 0 Å². The smallest absolute Gasteiger partial charge is 2.00 e. The molecule has 5 nitrogen and oxygen atoms in total. The van der Waals surface area contributed by atoms with Gasteiger partial charge in [-0.05, 0) is 0 Å². The predicted molar refractivity (Wildman–Crippen MR) is 2.06 cm³/mol. The van der Waals surface area contributed by atoms with Crippen molar-refractivity contribution in [2.24, 2.45) is 0 Å². The van der Waals surface area contributed by atoms with E-state index >= 15 is 0 Å². The Morgan fingerprint density at radius 2 is 1.00 bits per heavy atom. The minimum Gasteiger partial charge on any atom is 2.00 e. The van der Waals surface area contributed by atoms with Crippen LogP contribution in [-0.2, 0) is 65.7 Å². The first-order chi connectivity index (χ1) is 2.00. The molecule has 8 heavy (non-hydrogen) atoms. The zero-order valence-corrected chi connectivity index (χ0v) is 11.1. The summed E-state index contributed by atoms with van der Waals surface area (Å²) >= 11 is -5.75. The zero-order valence-electron chi connectivity index (χ0n) is 3.86. The fraction of sp³-hybridized carbons (Fsp3) is 0. The van der Waals surface area contributed by atoms with Crippen molar-refractivity contribution in [1.29, 1.82) is 0 Å². The van der Waals surface area contributed by atoms with Gasteiger partial charge in [0.05, 0.1) is 0 Å². The molecule has 0 aromatic heterocycles. The van der Waals surface area contributed by atoms with Crippen LogP contribution in [0.3, 0.4) is 0 Å². The van der Waals surface area contributed by atoms with Crippen molar-refractivity contribution in [3.05, 3.63) is 0 Å². The van der Waals surface area contributed by atoms with Gasteiger partial charge in [-0.15, -0.1) is 0 Å². The second-order valence-electron chi connectivity index (χ2n) is 0.408. The molecule has 0 unspecified atom stereocenters. The number of hydrogen-bond donors (Lipinski definition) is 0. The Balaban J connectivity index is -0.0000000267. The Hall–Kier alpha value is 1.26. The summed E-state index contributed by atoms with van der Waals surface area (Å²) < 4.78 is 34.4. The molecule has 0 radical (unpaired) electrons. The van der Waals surface area contributed by atoms with Crippen molar-refractivity contribution in [3.63, 3.8) is 0 Å². The third kappa shape index (κ3) is 179. The summed E-state index contributed by atoms with van der Waals surface area (Å²) in [6, 6.07) is 0. The van der Waals surface area contributed by atoms with E-state index in [2.05, 4.69) is 0 Å². The molecule has 0 aliphatic heterocycles. The van der Waals surface area contributed by atoms with Crippen molar-refractivity contribution in [3.8, 4) is 0 Å². The van der Waals surface area contributed by atoms with E-state index < -0.39 is 13.6 Å². The molecule has 8 heteroatoms. The molecule has 40 valence electrons. The van der Waals surface area contributed by atoms with Crippen LogP contribution in [0.2, 0.25) is 0 Å². The number of hydrogen-bond acceptors (Lipinski definition) is 4. The van der Waals surface area contributed by atoms with Crippen LogP contribution in [0.25, 0.3) is 0 Å². The third-order valence-corrected chi connectivity index (χ3v) is 0. The van der Waals surface area contributed by atoms with Crippen LogP contribution in [0.15, 0.2) is 0 Å². The fourth-order valence-corrected chi connectivity index (χ4v) is 0. The van der Waals surface area contributed by atoms with Gasteiger partial charge in [-0.1, -0.05) is 0 Å². The van der Waals surface area contributed by atoms with Gasteiger partial charge in [0.15, 0.2) is 0 Å². The maximum absolute atomic E-state index is 8.59. The largest absolute Gasteiger partial charge is 2.00 e. The fourth-order valence-electron chi connectivity index (χ4n) is 0. The van der Waals surface area contributed by atoms with Gasteiger partial charge in [-0.25, -0.2) is 0 Å². The average Bonchev–Trinajstić information content (AvgIpc) is 0.722. The Bertz CT molecular complexity index is 93.6. The van der Waals surface area contributed by atoms with Crippen LogP contribution in [0.4, 0.5) is 0 Å². The molecule has 0 aromatic carbocycles. The topological polar surface area (TPSA) is 109 Å². The van der Waals surface area contributed by atoms with Gasteiger partial charge in [0.1, 0.15) is 0 Å². The summed E-state index contributed by atoms with van der Waals surface area (Å²) in [4.78, 5) is 0. The van der Waals surface area contributed by atoms with Gasteiger partial charge < -0.3 is 5.48 Å². The monoisotopic (exact) mass is 260 g/mol. The molecule has 0 heterocycles. The molecule has 0 saturated carbocycles. The van der Waals surface area contributed by atoms with E-state index in [0.717, 1.165) is 0 Å². The van der Waals surface area contributed by atoms with E-state index in [1.165, 1.54) is 0 Å². The quantitative estimate of drug-likeness (QED) is 0.441. The Morgan fingerprint density at radius 3 is 1.00 bits per heavy atom. The number of rotatable bonds is 0. The van der Waals surface area contributed by atoms with Gasteiger partial charge in [-0.2, -0.15) is 0 Å². The van der Waals surface area contributed by atoms with E-state index in [9.17, 15) is 0 Å². The molecule has 0 aromatic rings. The van der Waals surface area contributed by atoms with Crippen LogP contribution in [-0.4, -0.2) is 0 Å². The SMILES string of the molecule is [O-2].[O]=[Cr](=[O])([O-])[O-].[Zn+2].[Zn+2]. The van der Waals surface area contributed by atoms with Crippen LogP contribution in [0.5, 0.6) is 0 Å². The van der Waals surface area contributed by atoms with Crippen molar-refractivity contribution in [2.45, 2.75) is 0 Å². The molecule has 0 fully saturated rings. The third-order valence-electron chi connectivity index (χ3n) is 0. The summed E-state index contributed by atoms with van der Waals surface area (Å²) in [7, 11) is 0. The molecule has 0 N–H and O–H groups in total. The molecule has 0 atom stereocenters. The molecular weight excluding hydrogens is 263 g/mol. The minimum absolute atomic E-state index is 0. The predicted octanol–water partition coefficient (Wildman–Crippen LogP) is -2.74. The Morgan fingerprint density at radius 1 is 1.00 bits per heavy atom. The molecule has 0 aliphatic carbocycles. The normalized spacial score (nSPS) is 7.25. The second kappa shape index (κ2) is 8.26. The Kier molecular flexibility index (Phi) is 23.6. The molecule has 0 spiro atoms. The van der Waals surface area contributed by atoms with Gasteiger partial charge >= 0.3 is 68.5 Å². The van der Waals surface area contributed by atoms with E-state index in [0.29, 0.717) is 0 Å². The van der Waals surface area contributed by atoms with Crippen molar-refractivity contribution >= 4 is 0 Å². The van der Waals surface area contributed by atoms with E-state index in [4.69, 9.17) is 15.9 Å². The molecule has 0 rings (SSSR count). The molecule has 0 aliphatic rings. The average molecular weight is 263 g/mol. The van der Waals surface area contributed by atoms with E-state index in [1.807, 2.05) is 0 Å². The summed E-state index contributed by atoms with van der Waals surface area (Å²) in [6.45, 7) is 0. The standard InChI is InChI=1S/Cr.5O.2Zn/q;;;-2;2*-1;2*+2. The van der Waals surface area contributed by atoms with Gasteiger partial charge in [0.25, 0.3) is 0 Å². The van der Waals surface area contributed by atoms with Gasteiger partial charge in [0, 0.05) is 0 Å². The molecule has 0 amide bonds. The maximum Gasteiger partial charge on any atom is 2.00 e. The first-order valence-electron chi connectivity index (χ1n) is 0.667. The first-order valence-corrected chi connectivity index (χ1v) is 2.75. The van der Waals surface area contributed by atoms with Crippen LogP contribution in [0, 0.1) is 0 Å². The van der Waals surface area contributed by atoms with Crippen LogP contribution in [0.1, 0.15) is 0 Å². The maximum atomic E-state index is 8.59. The van der Waals surface area contributed by atoms with Crippen molar-refractivity contribution in [2.75, 3.05) is 0 Å². The minimum atomic E-state index is -5.75. The second-order valence-corrected chi connectivity index (χ2v) is 1.68. The summed E-state index contributed by atoms with van der Waals surface area (Å²) in [5.41, 5.74) is 0. The van der Waals surface area contributed by atoms with Gasteiger partial charge in [0.2, 0.25) is 0 Å². The Labute approximate surface area is 73.7 Å². The van der Waals surface area contributed by atoms with Crippen LogP contribution < -0.4 is 8.32 Å². The van der Waals surface area contributed by atoms with E-state index in [-0.39, 0.29) is 44.4 Å². The summed E-state index contributed by atoms with van der Waals surface area (Å²) in [6.07, 6.45) is 0. The van der Waals surface area contributed by atoms with Crippen molar-refractivity contribution < 1.29 is 74.0 Å². The van der Waals surface area contributed by atoms with Gasteiger partial charge in [-0.3, -0.25) is 0 Å². The molecule has 0 bridgehead atoms. The summed E-state index contributed by atoms with van der Waals surface area (Å²) in [5.74, 6) is 0. The molecular formula is CrO5Zn2. The van der Waals surface area contributed by atoms with Crippen LogP contribution >= 0.6 is 0 Å². The summed E-state index contributed by atoms with van der Waals surface area (Å²) in [5, 5.41) is 0. The first kappa shape index (κ1) is 22.8.